The fourth-order valence-corrected chi connectivity index (χ4v) is 5.30. The van der Waals surface area contributed by atoms with E-state index < -0.39 is 18.3 Å². The van der Waals surface area contributed by atoms with Crippen LogP contribution < -0.4 is 15.9 Å². The monoisotopic (exact) mass is 406 g/mol. The zero-order chi connectivity index (χ0) is 21.8. The summed E-state index contributed by atoms with van der Waals surface area (Å²) in [6.45, 7) is 0. The zero-order valence-electron chi connectivity index (χ0n) is 15.8. The molecule has 0 aromatic heterocycles. The fourth-order valence-electron chi connectivity index (χ4n) is 2.63. The first-order chi connectivity index (χ1) is 14.6. The van der Waals surface area contributed by atoms with E-state index in [0.29, 0.717) is 0 Å². The molecule has 0 saturated heterocycles. The SMILES string of the molecule is N#CC(C#N)=C(C#N)C#N.O=P(c1ccccc1)(c1ccccc1)c1ccccc1. The molecule has 0 fully saturated rings. The van der Waals surface area contributed by atoms with Crippen molar-refractivity contribution in [3.05, 3.63) is 102 Å². The highest BCUT2D eigenvalue weighted by molar-refractivity contribution is 7.85. The van der Waals surface area contributed by atoms with Gasteiger partial charge in [-0.15, -0.1) is 0 Å². The van der Waals surface area contributed by atoms with Crippen LogP contribution in [0.4, 0.5) is 0 Å². The number of nitriles is 4. The number of rotatable bonds is 3. The zero-order valence-corrected chi connectivity index (χ0v) is 16.7. The second-order valence-corrected chi connectivity index (χ2v) is 8.58. The van der Waals surface area contributed by atoms with Crippen LogP contribution >= 0.6 is 7.14 Å². The van der Waals surface area contributed by atoms with E-state index in [1.165, 1.54) is 24.3 Å². The van der Waals surface area contributed by atoms with Crippen LogP contribution in [0.5, 0.6) is 0 Å². The summed E-state index contributed by atoms with van der Waals surface area (Å²) in [6, 6.07) is 34.9. The smallest absolute Gasteiger partial charge is 0.171 e. The lowest BCUT2D eigenvalue weighted by Gasteiger charge is -2.19. The molecule has 142 valence electrons. The van der Waals surface area contributed by atoms with Gasteiger partial charge in [-0.25, -0.2) is 0 Å². The molecule has 30 heavy (non-hydrogen) atoms. The van der Waals surface area contributed by atoms with Crippen molar-refractivity contribution in [2.24, 2.45) is 0 Å². The molecule has 0 amide bonds. The Balaban J connectivity index is 0.000000274. The van der Waals surface area contributed by atoms with Gasteiger partial charge in [0.25, 0.3) is 0 Å². The quantitative estimate of drug-likeness (QED) is 0.486. The summed E-state index contributed by atoms with van der Waals surface area (Å²) in [5.41, 5.74) is -0.880. The largest absolute Gasteiger partial charge is 0.309 e. The molecule has 3 rings (SSSR count). The van der Waals surface area contributed by atoms with Crippen molar-refractivity contribution in [3.8, 4) is 24.3 Å². The minimum Gasteiger partial charge on any atom is -0.309 e. The van der Waals surface area contributed by atoms with Crippen LogP contribution in [0.1, 0.15) is 0 Å². The predicted molar refractivity (Wildman–Crippen MR) is 115 cm³/mol. The average molecular weight is 406 g/mol. The van der Waals surface area contributed by atoms with E-state index in [4.69, 9.17) is 21.0 Å². The third kappa shape index (κ3) is 4.90. The van der Waals surface area contributed by atoms with Crippen molar-refractivity contribution in [1.82, 2.24) is 0 Å². The maximum absolute atomic E-state index is 13.8. The molecule has 0 spiro atoms. The predicted octanol–water partition coefficient (Wildman–Crippen LogP) is 3.70. The van der Waals surface area contributed by atoms with Gasteiger partial charge in [-0.1, -0.05) is 91.0 Å². The molecule has 0 atom stereocenters. The van der Waals surface area contributed by atoms with Crippen LogP contribution in [0, 0.1) is 45.3 Å². The van der Waals surface area contributed by atoms with Gasteiger partial charge in [0.05, 0.1) is 0 Å². The summed E-state index contributed by atoms with van der Waals surface area (Å²) < 4.78 is 13.8. The average Bonchev–Trinajstić information content (AvgIpc) is 2.84. The first-order valence-electron chi connectivity index (χ1n) is 8.73. The summed E-state index contributed by atoms with van der Waals surface area (Å²) in [5, 5.41) is 35.1. The topological polar surface area (TPSA) is 112 Å². The van der Waals surface area contributed by atoms with Gasteiger partial charge < -0.3 is 4.57 Å². The summed E-state index contributed by atoms with van der Waals surface area (Å²) in [5.74, 6) is 0. The van der Waals surface area contributed by atoms with E-state index in [2.05, 4.69) is 0 Å². The van der Waals surface area contributed by atoms with Gasteiger partial charge in [0, 0.05) is 15.9 Å². The Kier molecular flexibility index (Phi) is 7.88. The maximum atomic E-state index is 13.8. The molecule has 5 nitrogen and oxygen atoms in total. The third-order valence-electron chi connectivity index (χ3n) is 4.06. The summed E-state index contributed by atoms with van der Waals surface area (Å²) in [6.07, 6.45) is 0. The van der Waals surface area contributed by atoms with Crippen molar-refractivity contribution in [3.63, 3.8) is 0 Å². The minimum absolute atomic E-state index is 0.440. The fraction of sp³-hybridized carbons (Fsp3) is 0. The van der Waals surface area contributed by atoms with Crippen molar-refractivity contribution in [2.75, 3.05) is 0 Å². The van der Waals surface area contributed by atoms with Crippen molar-refractivity contribution in [2.45, 2.75) is 0 Å². The van der Waals surface area contributed by atoms with Crippen LogP contribution in [0.15, 0.2) is 102 Å². The summed E-state index contributed by atoms with van der Waals surface area (Å²) in [4.78, 5) is 0. The molecule has 0 N–H and O–H groups in total. The lowest BCUT2D eigenvalue weighted by Crippen LogP contribution is -2.24. The first-order valence-corrected chi connectivity index (χ1v) is 10.4. The Morgan fingerprint density at radius 1 is 0.500 bits per heavy atom. The molecule has 3 aromatic carbocycles. The van der Waals surface area contributed by atoms with Crippen LogP contribution in [-0.4, -0.2) is 0 Å². The Hall–Kier alpha value is -4.41. The van der Waals surface area contributed by atoms with Crippen molar-refractivity contribution < 1.29 is 4.57 Å². The van der Waals surface area contributed by atoms with Gasteiger partial charge in [0.1, 0.15) is 24.3 Å². The molecule has 0 bridgehead atoms. The van der Waals surface area contributed by atoms with Gasteiger partial charge in [0.2, 0.25) is 0 Å². The van der Waals surface area contributed by atoms with Gasteiger partial charge in [-0.3, -0.25) is 0 Å². The van der Waals surface area contributed by atoms with E-state index in [-0.39, 0.29) is 0 Å². The Bertz CT molecular complexity index is 1070. The normalized spacial score (nSPS) is 9.33. The second kappa shape index (κ2) is 10.8. The second-order valence-electron chi connectivity index (χ2n) is 5.81. The number of benzene rings is 3. The third-order valence-corrected chi connectivity index (χ3v) is 7.13. The van der Waals surface area contributed by atoms with Gasteiger partial charge >= 0.3 is 0 Å². The molecule has 0 aliphatic carbocycles. The van der Waals surface area contributed by atoms with E-state index in [1.807, 2.05) is 91.0 Å². The molecule has 0 heterocycles. The Labute approximate surface area is 175 Å². The lowest BCUT2D eigenvalue weighted by atomic mass is 10.2. The van der Waals surface area contributed by atoms with E-state index >= 15 is 0 Å². The Morgan fingerprint density at radius 2 is 0.733 bits per heavy atom. The molecule has 0 saturated carbocycles. The van der Waals surface area contributed by atoms with E-state index in [1.54, 1.807) is 0 Å². The van der Waals surface area contributed by atoms with Gasteiger partial charge in [-0.05, 0) is 0 Å². The van der Waals surface area contributed by atoms with E-state index in [0.717, 1.165) is 15.9 Å². The molecular weight excluding hydrogens is 391 g/mol. The maximum Gasteiger partial charge on any atom is 0.171 e. The first kappa shape index (κ1) is 21.9. The summed E-state index contributed by atoms with van der Waals surface area (Å²) >= 11 is 0. The molecule has 0 aliphatic rings. The number of allylic oxidation sites excluding steroid dienone is 2. The molecule has 0 aliphatic heterocycles. The standard InChI is InChI=1S/C18H15OP.C6N4/c19-20(16-10-4-1-5-11-16,17-12-6-2-7-13-17)18-14-8-3-9-15-18;7-1-5(2-8)6(3-9)4-10/h1-15H;. The molecule has 6 heteroatoms. The molecule has 0 unspecified atom stereocenters. The van der Waals surface area contributed by atoms with Crippen LogP contribution in [0.25, 0.3) is 0 Å². The van der Waals surface area contributed by atoms with Crippen LogP contribution in [-0.2, 0) is 4.57 Å². The number of hydrogen-bond acceptors (Lipinski definition) is 5. The van der Waals surface area contributed by atoms with Crippen LogP contribution in [0.2, 0.25) is 0 Å². The van der Waals surface area contributed by atoms with Crippen molar-refractivity contribution >= 4 is 23.1 Å². The lowest BCUT2D eigenvalue weighted by molar-refractivity contribution is 0.592. The minimum atomic E-state index is -2.78. The number of hydrogen-bond donors (Lipinski definition) is 0. The van der Waals surface area contributed by atoms with Crippen LogP contribution in [0.3, 0.4) is 0 Å². The molecular formula is C24H15N4OP. The molecule has 0 radical (unpaired) electrons. The van der Waals surface area contributed by atoms with Gasteiger partial charge in [-0.2, -0.15) is 21.0 Å². The van der Waals surface area contributed by atoms with Gasteiger partial charge in [0.15, 0.2) is 18.3 Å². The highest BCUT2D eigenvalue weighted by atomic mass is 31.2. The highest BCUT2D eigenvalue weighted by Gasteiger charge is 2.28. The summed E-state index contributed by atoms with van der Waals surface area (Å²) in [7, 11) is -2.78. The van der Waals surface area contributed by atoms with E-state index in [9.17, 15) is 4.57 Å². The highest BCUT2D eigenvalue weighted by Crippen LogP contribution is 2.41. The molecule has 3 aromatic rings. The number of nitrogens with zero attached hydrogens (tertiary/aromatic N) is 4. The van der Waals surface area contributed by atoms with Crippen molar-refractivity contribution in [1.29, 1.82) is 21.0 Å². The Morgan fingerprint density at radius 3 is 0.933 bits per heavy atom.